The number of hydrogen-bond acceptors (Lipinski definition) is 3. The summed E-state index contributed by atoms with van der Waals surface area (Å²) in [4.78, 5) is 20.6. The van der Waals surface area contributed by atoms with Crippen LogP contribution in [0.2, 0.25) is 0 Å². The second kappa shape index (κ2) is 5.57. The van der Waals surface area contributed by atoms with Crippen LogP contribution in [0.25, 0.3) is 0 Å². The molecule has 1 aliphatic heterocycles. The number of fused-ring (bicyclic) bond motifs is 2. The van der Waals surface area contributed by atoms with Crippen molar-refractivity contribution in [1.82, 2.24) is 4.98 Å². The predicted molar refractivity (Wildman–Crippen MR) is 106 cm³/mol. The van der Waals surface area contributed by atoms with Gasteiger partial charge < -0.3 is 10.2 Å². The van der Waals surface area contributed by atoms with Crippen LogP contribution < -0.4 is 10.2 Å². The summed E-state index contributed by atoms with van der Waals surface area (Å²) in [5.74, 6) is 3.54. The Labute approximate surface area is 160 Å². The van der Waals surface area contributed by atoms with Crippen molar-refractivity contribution in [2.75, 3.05) is 10.2 Å². The largest absolute Gasteiger partial charge is 0.338 e. The van der Waals surface area contributed by atoms with E-state index in [4.69, 9.17) is 0 Å². The van der Waals surface area contributed by atoms with Crippen LogP contribution >= 0.6 is 0 Å². The van der Waals surface area contributed by atoms with Crippen LogP contribution in [0.3, 0.4) is 0 Å². The first-order valence-electron chi connectivity index (χ1n) is 10.3. The third-order valence-corrected chi connectivity index (χ3v) is 7.40. The van der Waals surface area contributed by atoms with Crippen LogP contribution in [-0.4, -0.2) is 10.9 Å². The maximum Gasteiger partial charge on any atom is 0.233 e. The zero-order chi connectivity index (χ0) is 18.0. The van der Waals surface area contributed by atoms with Gasteiger partial charge in [0.25, 0.3) is 0 Å². The first-order valence-corrected chi connectivity index (χ1v) is 10.3. The minimum Gasteiger partial charge on any atom is -0.338 e. The topological polar surface area (TPSA) is 45.2 Å². The zero-order valence-corrected chi connectivity index (χ0v) is 15.5. The van der Waals surface area contributed by atoms with Gasteiger partial charge in [-0.3, -0.25) is 4.79 Å². The molecule has 1 aromatic heterocycles. The maximum atomic E-state index is 14.1. The summed E-state index contributed by atoms with van der Waals surface area (Å²) in [6.07, 6.45) is 9.19. The molecule has 4 saturated carbocycles. The van der Waals surface area contributed by atoms with Gasteiger partial charge in [0.1, 0.15) is 5.82 Å². The number of benzene rings is 1. The number of anilines is 3. The minimum atomic E-state index is -0.130. The Morgan fingerprint density at radius 1 is 1.00 bits per heavy atom. The monoisotopic (exact) mass is 359 g/mol. The van der Waals surface area contributed by atoms with Gasteiger partial charge in [0.15, 0.2) is 0 Å². The highest BCUT2D eigenvalue weighted by molar-refractivity contribution is 6.01. The van der Waals surface area contributed by atoms with Gasteiger partial charge in [-0.1, -0.05) is 18.2 Å². The lowest BCUT2D eigenvalue weighted by Gasteiger charge is -2.56. The molecule has 0 atom stereocenters. The van der Waals surface area contributed by atoms with Gasteiger partial charge in [-0.15, -0.1) is 0 Å². The molecule has 0 unspecified atom stereocenters. The van der Waals surface area contributed by atoms with E-state index in [0.29, 0.717) is 12.5 Å². The quantitative estimate of drug-likeness (QED) is 0.789. The fourth-order valence-corrected chi connectivity index (χ4v) is 6.72. The van der Waals surface area contributed by atoms with Crippen LogP contribution in [0.15, 0.2) is 42.6 Å². The molecule has 4 nitrogen and oxygen atoms in total. The minimum absolute atomic E-state index is 0.130. The van der Waals surface area contributed by atoms with Crippen molar-refractivity contribution in [3.05, 3.63) is 48.2 Å². The van der Waals surface area contributed by atoms with Crippen molar-refractivity contribution in [1.29, 1.82) is 0 Å². The highest BCUT2D eigenvalue weighted by Gasteiger charge is 2.56. The first-order chi connectivity index (χ1) is 13.2. The molecule has 0 radical (unpaired) electrons. The lowest BCUT2D eigenvalue weighted by molar-refractivity contribution is -0.143. The Bertz CT molecular complexity index is 886. The van der Waals surface area contributed by atoms with Crippen LogP contribution in [0.4, 0.5) is 17.2 Å². The number of nitrogens with zero attached hydrogens (tertiary/aromatic N) is 2. The van der Waals surface area contributed by atoms with E-state index >= 15 is 0 Å². The fraction of sp³-hybridized carbons (Fsp3) is 0.478. The Hall–Kier alpha value is -2.36. The van der Waals surface area contributed by atoms with Gasteiger partial charge in [0.05, 0.1) is 23.3 Å². The van der Waals surface area contributed by atoms with Crippen LogP contribution in [-0.2, 0) is 11.3 Å². The Morgan fingerprint density at radius 3 is 2.44 bits per heavy atom. The number of amides is 1. The molecule has 27 heavy (non-hydrogen) atoms. The lowest BCUT2D eigenvalue weighted by Crippen LogP contribution is -2.54. The zero-order valence-electron chi connectivity index (χ0n) is 15.5. The Balaban J connectivity index is 1.44. The predicted octanol–water partition coefficient (Wildman–Crippen LogP) is 4.89. The summed E-state index contributed by atoms with van der Waals surface area (Å²) >= 11 is 0. The van der Waals surface area contributed by atoms with Gasteiger partial charge >= 0.3 is 0 Å². The van der Waals surface area contributed by atoms with Gasteiger partial charge in [-0.05, 0) is 74.5 Å². The number of carbonyl (C=O) groups is 1. The second-order valence-electron chi connectivity index (χ2n) is 9.24. The molecular formula is C23H25N3O. The van der Waals surface area contributed by atoms with E-state index in [1.807, 2.05) is 24.4 Å². The number of aromatic nitrogens is 1. The molecule has 7 rings (SSSR count). The van der Waals surface area contributed by atoms with Crippen molar-refractivity contribution in [3.8, 4) is 0 Å². The maximum absolute atomic E-state index is 14.1. The number of para-hydroxylation sites is 2. The van der Waals surface area contributed by atoms with E-state index in [0.717, 1.165) is 59.8 Å². The number of pyridine rings is 1. The molecule has 1 aromatic carbocycles. The Morgan fingerprint density at radius 2 is 1.70 bits per heavy atom. The average Bonchev–Trinajstić information content (AvgIpc) is 2.83. The van der Waals surface area contributed by atoms with E-state index in [-0.39, 0.29) is 5.41 Å². The standard InChI is InChI=1S/C23H25N3O/c27-22(23-11-15-8-16(12-23)10-17(9-15)13-23)26-14-18-4-3-7-24-21(18)25-19-5-1-2-6-20(19)26/h1-7,15-17H,8-14H2,(H,24,25). The summed E-state index contributed by atoms with van der Waals surface area (Å²) in [5, 5.41) is 3.46. The van der Waals surface area contributed by atoms with E-state index in [1.54, 1.807) is 0 Å². The molecule has 5 aliphatic rings. The SMILES string of the molecule is O=C(N1Cc2cccnc2Nc2ccccc21)C12CC3CC(CC(C3)C1)C2. The van der Waals surface area contributed by atoms with E-state index < -0.39 is 0 Å². The van der Waals surface area contributed by atoms with Crippen molar-refractivity contribution in [2.24, 2.45) is 23.2 Å². The molecular weight excluding hydrogens is 334 g/mol. The molecule has 1 amide bonds. The lowest BCUT2D eigenvalue weighted by atomic mass is 9.49. The number of carbonyl (C=O) groups excluding carboxylic acids is 1. The second-order valence-corrected chi connectivity index (χ2v) is 9.24. The third kappa shape index (κ3) is 2.35. The summed E-state index contributed by atoms with van der Waals surface area (Å²) < 4.78 is 0. The molecule has 1 N–H and O–H groups in total. The summed E-state index contributed by atoms with van der Waals surface area (Å²) in [6, 6.07) is 12.2. The van der Waals surface area contributed by atoms with Crippen molar-refractivity contribution in [2.45, 2.75) is 45.1 Å². The summed E-state index contributed by atoms with van der Waals surface area (Å²) in [7, 11) is 0. The molecule has 4 bridgehead atoms. The van der Waals surface area contributed by atoms with E-state index in [9.17, 15) is 4.79 Å². The van der Waals surface area contributed by atoms with Gasteiger partial charge in [-0.25, -0.2) is 4.98 Å². The molecule has 2 aromatic rings. The van der Waals surface area contributed by atoms with Gasteiger partial charge in [0.2, 0.25) is 5.91 Å². The Kier molecular flexibility index (Phi) is 3.23. The van der Waals surface area contributed by atoms with Crippen LogP contribution in [0.5, 0.6) is 0 Å². The van der Waals surface area contributed by atoms with Crippen molar-refractivity contribution >= 4 is 23.1 Å². The van der Waals surface area contributed by atoms with Crippen LogP contribution in [0, 0.1) is 23.2 Å². The van der Waals surface area contributed by atoms with Crippen LogP contribution in [0.1, 0.15) is 44.1 Å². The smallest absolute Gasteiger partial charge is 0.233 e. The molecule has 4 aliphatic carbocycles. The molecule has 0 spiro atoms. The van der Waals surface area contributed by atoms with Crippen molar-refractivity contribution < 1.29 is 4.79 Å². The summed E-state index contributed by atoms with van der Waals surface area (Å²) in [5.41, 5.74) is 2.94. The highest BCUT2D eigenvalue weighted by Crippen LogP contribution is 2.61. The van der Waals surface area contributed by atoms with Crippen molar-refractivity contribution in [3.63, 3.8) is 0 Å². The summed E-state index contributed by atoms with van der Waals surface area (Å²) in [6.45, 7) is 0.605. The van der Waals surface area contributed by atoms with E-state index in [1.165, 1.54) is 19.3 Å². The molecule has 4 fully saturated rings. The number of hydrogen-bond donors (Lipinski definition) is 1. The van der Waals surface area contributed by atoms with Gasteiger partial charge in [0, 0.05) is 11.8 Å². The molecule has 2 heterocycles. The average molecular weight is 359 g/mol. The molecule has 0 saturated heterocycles. The normalized spacial score (nSPS) is 33.0. The van der Waals surface area contributed by atoms with Gasteiger partial charge in [-0.2, -0.15) is 0 Å². The fourth-order valence-electron chi connectivity index (χ4n) is 6.72. The molecule has 4 heteroatoms. The number of nitrogens with one attached hydrogen (secondary N) is 1. The highest BCUT2D eigenvalue weighted by atomic mass is 16.2. The van der Waals surface area contributed by atoms with E-state index in [2.05, 4.69) is 33.4 Å². The first kappa shape index (κ1) is 15.7. The third-order valence-electron chi connectivity index (χ3n) is 7.40. The molecule has 138 valence electrons. The number of rotatable bonds is 1.